The summed E-state index contributed by atoms with van der Waals surface area (Å²) in [5.74, 6) is -0.403. The lowest BCUT2D eigenvalue weighted by molar-refractivity contribution is -0.140. The van der Waals surface area contributed by atoms with Gasteiger partial charge in [0.05, 0.1) is 13.0 Å². The third kappa shape index (κ3) is 2.43. The Balaban J connectivity index is 2.18. The highest BCUT2D eigenvalue weighted by atomic mass is 16.5. The van der Waals surface area contributed by atoms with E-state index in [4.69, 9.17) is 9.84 Å². The van der Waals surface area contributed by atoms with E-state index < -0.39 is 5.97 Å². The van der Waals surface area contributed by atoms with Crippen LogP contribution in [0.15, 0.2) is 18.2 Å². The summed E-state index contributed by atoms with van der Waals surface area (Å²) in [6.07, 6.45) is 0.632. The summed E-state index contributed by atoms with van der Waals surface area (Å²) in [6.45, 7) is 1.16. The molecule has 1 aromatic rings. The molecule has 0 saturated carbocycles. The van der Waals surface area contributed by atoms with Gasteiger partial charge in [-0.25, -0.2) is 0 Å². The Morgan fingerprint density at radius 3 is 2.82 bits per heavy atom. The van der Waals surface area contributed by atoms with Gasteiger partial charge in [0.2, 0.25) is 0 Å². The molecule has 1 fully saturated rings. The molecule has 0 aromatic heterocycles. The Morgan fingerprint density at radius 2 is 2.24 bits per heavy atom. The second kappa shape index (κ2) is 4.53. The summed E-state index contributed by atoms with van der Waals surface area (Å²) in [5, 5.41) is 18.5. The number of phenolic OH excluding ortho intramolecular Hbond substituents is 1. The minimum Gasteiger partial charge on any atom is -0.508 e. The number of phenols is 1. The standard InChI is InChI=1S/C12H15NO4/c1-17-11-5-9(4-10(14)6-11)13-3-2-8(7-13)12(15)16/h4-6,8,14H,2-3,7H2,1H3,(H,15,16). The van der Waals surface area contributed by atoms with Crippen LogP contribution in [0.1, 0.15) is 6.42 Å². The summed E-state index contributed by atoms with van der Waals surface area (Å²) in [5.41, 5.74) is 0.797. The summed E-state index contributed by atoms with van der Waals surface area (Å²) in [4.78, 5) is 12.8. The zero-order valence-electron chi connectivity index (χ0n) is 9.59. The number of methoxy groups -OCH3 is 1. The van der Waals surface area contributed by atoms with Crippen LogP contribution >= 0.6 is 0 Å². The molecule has 0 aliphatic carbocycles. The van der Waals surface area contributed by atoms with Gasteiger partial charge in [0.15, 0.2) is 0 Å². The van der Waals surface area contributed by atoms with E-state index in [1.165, 1.54) is 13.2 Å². The molecule has 1 aromatic carbocycles. The Hall–Kier alpha value is -1.91. The van der Waals surface area contributed by atoms with E-state index in [9.17, 15) is 9.90 Å². The van der Waals surface area contributed by atoms with E-state index in [1.54, 1.807) is 12.1 Å². The number of carbonyl (C=O) groups is 1. The largest absolute Gasteiger partial charge is 0.508 e. The molecule has 0 spiro atoms. The molecule has 0 amide bonds. The third-order valence-corrected chi connectivity index (χ3v) is 3.01. The van der Waals surface area contributed by atoms with Gasteiger partial charge in [-0.05, 0) is 6.42 Å². The van der Waals surface area contributed by atoms with Crippen molar-refractivity contribution in [1.82, 2.24) is 0 Å². The molecule has 1 heterocycles. The number of anilines is 1. The van der Waals surface area contributed by atoms with Gasteiger partial charge >= 0.3 is 5.97 Å². The van der Waals surface area contributed by atoms with Gasteiger partial charge in [-0.2, -0.15) is 0 Å². The van der Waals surface area contributed by atoms with Crippen LogP contribution in [0.3, 0.4) is 0 Å². The molecule has 1 aliphatic rings. The molecule has 2 rings (SSSR count). The van der Waals surface area contributed by atoms with Gasteiger partial charge in [-0.1, -0.05) is 0 Å². The first-order chi connectivity index (χ1) is 8.10. The fraction of sp³-hybridized carbons (Fsp3) is 0.417. The minimum atomic E-state index is -0.764. The van der Waals surface area contributed by atoms with Crippen LogP contribution in [0, 0.1) is 5.92 Å². The van der Waals surface area contributed by atoms with E-state index in [0.717, 1.165) is 5.69 Å². The predicted octanol–water partition coefficient (Wildman–Crippen LogP) is 1.31. The number of ether oxygens (including phenoxy) is 1. The lowest BCUT2D eigenvalue weighted by atomic mass is 10.1. The smallest absolute Gasteiger partial charge is 0.308 e. The fourth-order valence-corrected chi connectivity index (χ4v) is 2.06. The van der Waals surface area contributed by atoms with E-state index in [2.05, 4.69) is 0 Å². The van der Waals surface area contributed by atoms with Crippen molar-refractivity contribution in [2.24, 2.45) is 5.92 Å². The van der Waals surface area contributed by atoms with Crippen molar-refractivity contribution >= 4 is 11.7 Å². The zero-order valence-corrected chi connectivity index (χ0v) is 9.59. The van der Waals surface area contributed by atoms with Crippen LogP contribution in [-0.4, -0.2) is 36.4 Å². The Kier molecular flexibility index (Phi) is 3.08. The van der Waals surface area contributed by atoms with Crippen molar-refractivity contribution < 1.29 is 19.7 Å². The summed E-state index contributed by atoms with van der Waals surface area (Å²) in [6, 6.07) is 4.94. The highest BCUT2D eigenvalue weighted by molar-refractivity contribution is 5.72. The number of nitrogens with zero attached hydrogens (tertiary/aromatic N) is 1. The SMILES string of the molecule is COc1cc(O)cc(N2CCC(C(=O)O)C2)c1. The van der Waals surface area contributed by atoms with Crippen molar-refractivity contribution in [3.63, 3.8) is 0 Å². The molecule has 1 saturated heterocycles. The molecule has 17 heavy (non-hydrogen) atoms. The lowest BCUT2D eigenvalue weighted by Crippen LogP contribution is -2.22. The van der Waals surface area contributed by atoms with E-state index in [0.29, 0.717) is 25.3 Å². The van der Waals surface area contributed by atoms with E-state index in [1.807, 2.05) is 4.90 Å². The number of benzene rings is 1. The Bertz CT molecular complexity index is 433. The first-order valence-electron chi connectivity index (χ1n) is 5.46. The molecule has 1 aliphatic heterocycles. The molecule has 5 nitrogen and oxygen atoms in total. The number of carboxylic acids is 1. The second-order valence-electron chi connectivity index (χ2n) is 4.16. The molecule has 0 radical (unpaired) electrons. The topological polar surface area (TPSA) is 70.0 Å². The van der Waals surface area contributed by atoms with Crippen molar-refractivity contribution in [2.45, 2.75) is 6.42 Å². The third-order valence-electron chi connectivity index (χ3n) is 3.01. The number of aromatic hydroxyl groups is 1. The maximum Gasteiger partial charge on any atom is 0.308 e. The first kappa shape index (κ1) is 11.6. The maximum atomic E-state index is 10.9. The van der Waals surface area contributed by atoms with Crippen LogP contribution in [0.25, 0.3) is 0 Å². The average molecular weight is 237 g/mol. The van der Waals surface area contributed by atoms with Crippen LogP contribution in [0.5, 0.6) is 11.5 Å². The molecule has 1 atom stereocenters. The van der Waals surface area contributed by atoms with Gasteiger partial charge in [-0.3, -0.25) is 4.79 Å². The van der Waals surface area contributed by atoms with Crippen LogP contribution in [0.4, 0.5) is 5.69 Å². The summed E-state index contributed by atoms with van der Waals surface area (Å²) < 4.78 is 5.07. The molecule has 0 bridgehead atoms. The molecule has 92 valence electrons. The van der Waals surface area contributed by atoms with Gasteiger partial charge < -0.3 is 19.8 Å². The van der Waals surface area contributed by atoms with Crippen LogP contribution in [-0.2, 0) is 4.79 Å². The van der Waals surface area contributed by atoms with Gasteiger partial charge in [0, 0.05) is 37.0 Å². The zero-order chi connectivity index (χ0) is 12.4. The molecular weight excluding hydrogens is 222 g/mol. The van der Waals surface area contributed by atoms with Crippen molar-refractivity contribution in [1.29, 1.82) is 0 Å². The van der Waals surface area contributed by atoms with Crippen LogP contribution in [0.2, 0.25) is 0 Å². The van der Waals surface area contributed by atoms with Gasteiger partial charge in [0.1, 0.15) is 11.5 Å². The van der Waals surface area contributed by atoms with Crippen LogP contribution < -0.4 is 9.64 Å². The average Bonchev–Trinajstić information content (AvgIpc) is 2.77. The summed E-state index contributed by atoms with van der Waals surface area (Å²) >= 11 is 0. The number of hydrogen-bond donors (Lipinski definition) is 2. The Morgan fingerprint density at radius 1 is 1.47 bits per heavy atom. The predicted molar refractivity (Wildman–Crippen MR) is 62.6 cm³/mol. The van der Waals surface area contributed by atoms with E-state index >= 15 is 0 Å². The number of carboxylic acid groups (broad SMARTS) is 1. The highest BCUT2D eigenvalue weighted by Crippen LogP contribution is 2.31. The maximum absolute atomic E-state index is 10.9. The molecule has 1 unspecified atom stereocenters. The molecule has 5 heteroatoms. The number of aliphatic carboxylic acids is 1. The normalized spacial score (nSPS) is 19.4. The summed E-state index contributed by atoms with van der Waals surface area (Å²) in [7, 11) is 1.53. The lowest BCUT2D eigenvalue weighted by Gasteiger charge is -2.19. The van der Waals surface area contributed by atoms with Gasteiger partial charge in [-0.15, -0.1) is 0 Å². The number of rotatable bonds is 3. The minimum absolute atomic E-state index is 0.123. The van der Waals surface area contributed by atoms with E-state index in [-0.39, 0.29) is 11.7 Å². The van der Waals surface area contributed by atoms with Gasteiger partial charge in [0.25, 0.3) is 0 Å². The first-order valence-corrected chi connectivity index (χ1v) is 5.46. The number of hydrogen-bond acceptors (Lipinski definition) is 4. The monoisotopic (exact) mass is 237 g/mol. The van der Waals surface area contributed by atoms with Crippen molar-refractivity contribution in [3.05, 3.63) is 18.2 Å². The molecule has 2 N–H and O–H groups in total. The second-order valence-corrected chi connectivity index (χ2v) is 4.16. The highest BCUT2D eigenvalue weighted by Gasteiger charge is 2.28. The Labute approximate surface area is 99.2 Å². The van der Waals surface area contributed by atoms with Crippen molar-refractivity contribution in [2.75, 3.05) is 25.1 Å². The van der Waals surface area contributed by atoms with Crippen molar-refractivity contribution in [3.8, 4) is 11.5 Å². The fourth-order valence-electron chi connectivity index (χ4n) is 2.06. The molecular formula is C12H15NO4. The quantitative estimate of drug-likeness (QED) is 0.829.